The molecule has 0 bridgehead atoms. The molecular weight excluding hydrogens is 434 g/mol. The number of H-pyrrole nitrogens is 1. The molecule has 0 aliphatic carbocycles. The second-order valence-corrected chi connectivity index (χ2v) is 10.7. The van der Waals surface area contributed by atoms with Crippen molar-refractivity contribution in [1.82, 2.24) is 14.9 Å². The number of benzene rings is 1. The highest BCUT2D eigenvalue weighted by Crippen LogP contribution is 2.33. The summed E-state index contributed by atoms with van der Waals surface area (Å²) in [6, 6.07) is 6.29. The van der Waals surface area contributed by atoms with Crippen molar-refractivity contribution in [2.75, 3.05) is 26.3 Å². The Morgan fingerprint density at radius 2 is 1.85 bits per heavy atom. The molecule has 180 valence electrons. The van der Waals surface area contributed by atoms with Crippen molar-refractivity contribution < 1.29 is 9.84 Å². The summed E-state index contributed by atoms with van der Waals surface area (Å²) in [4.78, 5) is 23.8. The number of hydrogen-bond acceptors (Lipinski definition) is 6. The predicted molar refractivity (Wildman–Crippen MR) is 137 cm³/mol. The van der Waals surface area contributed by atoms with E-state index in [0.717, 1.165) is 33.6 Å². The number of aliphatic hydroxyl groups excluding tert-OH is 1. The third kappa shape index (κ3) is 6.96. The van der Waals surface area contributed by atoms with Crippen LogP contribution in [-0.4, -0.2) is 52.4 Å². The molecule has 0 aliphatic heterocycles. The minimum Gasteiger partial charge on any atom is -0.389 e. The van der Waals surface area contributed by atoms with Gasteiger partial charge in [0, 0.05) is 30.6 Å². The van der Waals surface area contributed by atoms with Crippen LogP contribution in [0.15, 0.2) is 28.4 Å². The summed E-state index contributed by atoms with van der Waals surface area (Å²) in [5, 5.41) is 13.1. The monoisotopic (exact) mass is 471 g/mol. The van der Waals surface area contributed by atoms with Crippen LogP contribution in [0.4, 0.5) is 0 Å². The van der Waals surface area contributed by atoms with Crippen molar-refractivity contribution in [3.05, 3.63) is 50.9 Å². The maximum atomic E-state index is 13.1. The van der Waals surface area contributed by atoms with E-state index in [0.29, 0.717) is 49.3 Å². The second-order valence-electron chi connectivity index (χ2n) is 9.83. The molecule has 2 N–H and O–H groups in total. The smallest absolute Gasteiger partial charge is 0.260 e. The van der Waals surface area contributed by atoms with E-state index in [4.69, 9.17) is 9.72 Å². The molecule has 0 fully saturated rings. The van der Waals surface area contributed by atoms with E-state index < -0.39 is 6.10 Å². The average Bonchev–Trinajstić information content (AvgIpc) is 3.13. The Balaban J connectivity index is 1.82. The van der Waals surface area contributed by atoms with Crippen molar-refractivity contribution in [1.29, 1.82) is 0 Å². The minimum absolute atomic E-state index is 0.113. The van der Waals surface area contributed by atoms with Crippen molar-refractivity contribution >= 4 is 21.6 Å². The first-order valence-corrected chi connectivity index (χ1v) is 12.6. The second kappa shape index (κ2) is 11.4. The number of aryl methyl sites for hydroxylation is 2. The van der Waals surface area contributed by atoms with Crippen LogP contribution < -0.4 is 5.56 Å². The topological polar surface area (TPSA) is 78.5 Å². The Bertz CT molecular complexity index is 1120. The zero-order valence-corrected chi connectivity index (χ0v) is 21.5. The zero-order chi connectivity index (χ0) is 24.1. The van der Waals surface area contributed by atoms with Crippen LogP contribution in [0.25, 0.3) is 21.3 Å². The van der Waals surface area contributed by atoms with Gasteiger partial charge in [0.15, 0.2) is 0 Å². The SMILES string of the molecule is Cc1ccc(C)c(-c2csc3nc(CN(CC(C)C)CC(O)COCC(C)C)[nH]c(=O)c23)c1. The van der Waals surface area contributed by atoms with E-state index in [9.17, 15) is 9.90 Å². The molecule has 0 saturated carbocycles. The van der Waals surface area contributed by atoms with E-state index in [2.05, 4.69) is 69.6 Å². The number of aromatic nitrogens is 2. The fraction of sp³-hybridized carbons (Fsp3) is 0.538. The van der Waals surface area contributed by atoms with Gasteiger partial charge in [-0.25, -0.2) is 4.98 Å². The number of nitrogens with one attached hydrogen (secondary N) is 1. The highest BCUT2D eigenvalue weighted by Gasteiger charge is 2.18. The molecule has 2 aromatic heterocycles. The van der Waals surface area contributed by atoms with Crippen molar-refractivity contribution in [3.63, 3.8) is 0 Å². The Labute approximate surface area is 200 Å². The van der Waals surface area contributed by atoms with E-state index in [-0.39, 0.29) is 5.56 Å². The molecule has 1 aromatic carbocycles. The Hall–Kier alpha value is -2.06. The first kappa shape index (κ1) is 25.6. The van der Waals surface area contributed by atoms with Gasteiger partial charge in [-0.15, -0.1) is 11.3 Å². The largest absolute Gasteiger partial charge is 0.389 e. The number of nitrogens with zero attached hydrogens (tertiary/aromatic N) is 2. The number of ether oxygens (including phenoxy) is 1. The fourth-order valence-electron chi connectivity index (χ4n) is 4.01. The molecule has 2 heterocycles. The third-order valence-electron chi connectivity index (χ3n) is 5.40. The van der Waals surface area contributed by atoms with E-state index in [1.807, 2.05) is 5.38 Å². The zero-order valence-electron chi connectivity index (χ0n) is 20.6. The molecular formula is C26H37N3O3S. The van der Waals surface area contributed by atoms with Gasteiger partial charge in [0.2, 0.25) is 0 Å². The summed E-state index contributed by atoms with van der Waals surface area (Å²) in [5.74, 6) is 1.48. The lowest BCUT2D eigenvalue weighted by Crippen LogP contribution is -2.37. The van der Waals surface area contributed by atoms with Gasteiger partial charge in [-0.3, -0.25) is 9.69 Å². The lowest BCUT2D eigenvalue weighted by Gasteiger charge is -2.26. The van der Waals surface area contributed by atoms with Crippen molar-refractivity contribution in [3.8, 4) is 11.1 Å². The lowest BCUT2D eigenvalue weighted by molar-refractivity contribution is 0.00485. The van der Waals surface area contributed by atoms with Gasteiger partial charge in [0.05, 0.1) is 24.6 Å². The highest BCUT2D eigenvalue weighted by atomic mass is 32.1. The van der Waals surface area contributed by atoms with Gasteiger partial charge in [-0.1, -0.05) is 51.5 Å². The first-order valence-electron chi connectivity index (χ1n) is 11.7. The Morgan fingerprint density at radius 3 is 2.55 bits per heavy atom. The van der Waals surface area contributed by atoms with Crippen LogP contribution in [0.3, 0.4) is 0 Å². The summed E-state index contributed by atoms with van der Waals surface area (Å²) in [6.45, 7) is 15.3. The summed E-state index contributed by atoms with van der Waals surface area (Å²) in [6.07, 6.45) is -0.587. The molecule has 0 saturated heterocycles. The minimum atomic E-state index is -0.587. The molecule has 0 aliphatic rings. The summed E-state index contributed by atoms with van der Waals surface area (Å²) in [7, 11) is 0. The van der Waals surface area contributed by atoms with Gasteiger partial charge in [-0.2, -0.15) is 0 Å². The van der Waals surface area contributed by atoms with E-state index in [1.165, 1.54) is 11.3 Å². The van der Waals surface area contributed by atoms with Crippen LogP contribution in [0.2, 0.25) is 0 Å². The number of aromatic amines is 1. The maximum Gasteiger partial charge on any atom is 0.260 e. The predicted octanol–water partition coefficient (Wildman–Crippen LogP) is 4.76. The third-order valence-corrected chi connectivity index (χ3v) is 6.28. The summed E-state index contributed by atoms with van der Waals surface area (Å²) < 4.78 is 5.60. The number of rotatable bonds is 11. The van der Waals surface area contributed by atoms with Crippen molar-refractivity contribution in [2.45, 2.75) is 54.2 Å². The number of aliphatic hydroxyl groups is 1. The molecule has 1 unspecified atom stereocenters. The van der Waals surface area contributed by atoms with Gasteiger partial charge in [-0.05, 0) is 36.8 Å². The van der Waals surface area contributed by atoms with Gasteiger partial charge in [0.1, 0.15) is 10.7 Å². The standard InChI is InChI=1S/C26H37N3O3S/c1-16(2)10-29(11-20(30)14-32-13-17(3)4)12-23-27-25(31)24-22(15-33-26(24)28-23)21-9-18(5)7-8-19(21)6/h7-9,15-17,20,30H,10-14H2,1-6H3,(H,27,28,31). The normalized spacial score (nSPS) is 13.0. The van der Waals surface area contributed by atoms with Crippen LogP contribution in [0.5, 0.6) is 0 Å². The quantitative estimate of drug-likeness (QED) is 0.422. The number of hydrogen-bond donors (Lipinski definition) is 2. The van der Waals surface area contributed by atoms with Gasteiger partial charge < -0.3 is 14.8 Å². The number of thiophene rings is 1. The van der Waals surface area contributed by atoms with Crippen molar-refractivity contribution in [2.24, 2.45) is 11.8 Å². The Morgan fingerprint density at radius 1 is 1.09 bits per heavy atom. The van der Waals surface area contributed by atoms with E-state index in [1.54, 1.807) is 0 Å². The summed E-state index contributed by atoms with van der Waals surface area (Å²) >= 11 is 1.50. The molecule has 33 heavy (non-hydrogen) atoms. The highest BCUT2D eigenvalue weighted by molar-refractivity contribution is 7.17. The fourth-order valence-corrected chi connectivity index (χ4v) is 4.97. The van der Waals surface area contributed by atoms with Crippen LogP contribution in [0, 0.1) is 25.7 Å². The lowest BCUT2D eigenvalue weighted by atomic mass is 9.99. The molecule has 0 spiro atoms. The van der Waals surface area contributed by atoms with Gasteiger partial charge in [0.25, 0.3) is 5.56 Å². The number of fused-ring (bicyclic) bond motifs is 1. The Kier molecular flexibility index (Phi) is 8.82. The van der Waals surface area contributed by atoms with Crippen LogP contribution >= 0.6 is 11.3 Å². The summed E-state index contributed by atoms with van der Waals surface area (Å²) in [5.41, 5.74) is 4.20. The van der Waals surface area contributed by atoms with Gasteiger partial charge >= 0.3 is 0 Å². The van der Waals surface area contributed by atoms with Crippen LogP contribution in [-0.2, 0) is 11.3 Å². The molecule has 7 heteroatoms. The molecule has 6 nitrogen and oxygen atoms in total. The molecule has 3 aromatic rings. The molecule has 0 radical (unpaired) electrons. The van der Waals surface area contributed by atoms with Crippen LogP contribution in [0.1, 0.15) is 44.6 Å². The molecule has 0 amide bonds. The average molecular weight is 472 g/mol. The first-order chi connectivity index (χ1) is 15.6. The maximum absolute atomic E-state index is 13.1. The molecule has 1 atom stereocenters. The molecule has 3 rings (SSSR count). The van der Waals surface area contributed by atoms with E-state index >= 15 is 0 Å².